The second-order valence-corrected chi connectivity index (χ2v) is 8.83. The van der Waals surface area contributed by atoms with Gasteiger partial charge in [-0.15, -0.1) is 0 Å². The summed E-state index contributed by atoms with van der Waals surface area (Å²) in [7, 11) is 3.24. The van der Waals surface area contributed by atoms with E-state index in [0.717, 1.165) is 16.3 Å². The topological polar surface area (TPSA) is 80.8 Å². The second-order valence-electron chi connectivity index (χ2n) is 8.42. The quantitative estimate of drug-likeness (QED) is 0.612. The van der Waals surface area contributed by atoms with Gasteiger partial charge in [0.25, 0.3) is 0 Å². The van der Waals surface area contributed by atoms with Crippen molar-refractivity contribution in [3.05, 3.63) is 65.4 Å². The maximum Gasteiger partial charge on any atom is 0.329 e. The number of carbonyl (C=O) groups is 2. The third-order valence-corrected chi connectivity index (χ3v) is 7.10. The fourth-order valence-corrected chi connectivity index (χ4v) is 5.52. The highest BCUT2D eigenvalue weighted by Gasteiger charge is 2.49. The number of amides is 3. The van der Waals surface area contributed by atoms with Gasteiger partial charge in [-0.2, -0.15) is 0 Å². The number of anilines is 1. The van der Waals surface area contributed by atoms with Gasteiger partial charge in [-0.1, -0.05) is 41.9 Å². The van der Waals surface area contributed by atoms with E-state index in [1.54, 1.807) is 26.6 Å². The highest BCUT2D eigenvalue weighted by Crippen LogP contribution is 2.46. The molecule has 170 valence electrons. The molecule has 7 nitrogen and oxygen atoms in total. The van der Waals surface area contributed by atoms with Crippen molar-refractivity contribution in [2.24, 2.45) is 5.92 Å². The molecule has 1 aliphatic carbocycles. The van der Waals surface area contributed by atoms with Crippen LogP contribution in [0.3, 0.4) is 0 Å². The van der Waals surface area contributed by atoms with Gasteiger partial charge < -0.3 is 14.8 Å². The fraction of sp³-hybridized carbons (Fsp3) is 0.320. The molecule has 0 bridgehead atoms. The summed E-state index contributed by atoms with van der Waals surface area (Å²) < 4.78 is 11.4. The number of methoxy groups -OCH3 is 2. The molecule has 2 aromatic carbocycles. The van der Waals surface area contributed by atoms with Gasteiger partial charge in [-0.3, -0.25) is 9.78 Å². The summed E-state index contributed by atoms with van der Waals surface area (Å²) in [6.07, 6.45) is 3.99. The minimum absolute atomic E-state index is 0.126. The van der Waals surface area contributed by atoms with Crippen LogP contribution in [0.15, 0.2) is 54.9 Å². The molecule has 2 heterocycles. The molecule has 2 aliphatic rings. The van der Waals surface area contributed by atoms with E-state index in [0.29, 0.717) is 29.3 Å². The van der Waals surface area contributed by atoms with Gasteiger partial charge in [0.05, 0.1) is 31.0 Å². The molecule has 1 aromatic heterocycles. The number of ether oxygens (including phenoxy) is 2. The van der Waals surface area contributed by atoms with Gasteiger partial charge in [-0.25, -0.2) is 9.69 Å². The van der Waals surface area contributed by atoms with Crippen molar-refractivity contribution >= 4 is 40.0 Å². The van der Waals surface area contributed by atoms with E-state index < -0.39 is 11.9 Å². The van der Waals surface area contributed by atoms with Crippen molar-refractivity contribution in [3.63, 3.8) is 0 Å². The van der Waals surface area contributed by atoms with Gasteiger partial charge in [0.15, 0.2) is 0 Å². The predicted molar refractivity (Wildman–Crippen MR) is 126 cm³/mol. The lowest BCUT2D eigenvalue weighted by molar-refractivity contribution is -0.126. The van der Waals surface area contributed by atoms with E-state index in [1.807, 2.05) is 42.5 Å². The maximum absolute atomic E-state index is 13.6. The van der Waals surface area contributed by atoms with E-state index in [2.05, 4.69) is 10.3 Å². The Bertz CT molecular complexity index is 1230. The molecule has 1 saturated heterocycles. The number of pyridine rings is 1. The Hall–Kier alpha value is -3.16. The summed E-state index contributed by atoms with van der Waals surface area (Å²) in [4.78, 5) is 32.3. The van der Waals surface area contributed by atoms with Gasteiger partial charge in [-0.05, 0) is 25.0 Å². The average molecular weight is 466 g/mol. The van der Waals surface area contributed by atoms with Crippen molar-refractivity contribution in [1.29, 1.82) is 0 Å². The SMILES string of the molecule is COc1cccc(Cl)c1C1CC2NC(=O)N(c3cncc4ccccc34)C(=O)C2CC1OC. The summed E-state index contributed by atoms with van der Waals surface area (Å²) in [6, 6.07) is 12.3. The summed E-state index contributed by atoms with van der Waals surface area (Å²) >= 11 is 6.55. The zero-order valence-electron chi connectivity index (χ0n) is 18.3. The lowest BCUT2D eigenvalue weighted by Gasteiger charge is -2.45. The lowest BCUT2D eigenvalue weighted by Crippen LogP contribution is -2.63. The number of aromatic nitrogens is 1. The Kier molecular flexibility index (Phi) is 5.68. The van der Waals surface area contributed by atoms with Crippen molar-refractivity contribution in [2.75, 3.05) is 19.1 Å². The Labute approximate surface area is 196 Å². The van der Waals surface area contributed by atoms with Gasteiger partial charge >= 0.3 is 6.03 Å². The number of urea groups is 1. The highest BCUT2D eigenvalue weighted by molar-refractivity contribution is 6.31. The Morgan fingerprint density at radius 1 is 1.03 bits per heavy atom. The third-order valence-electron chi connectivity index (χ3n) is 6.77. The van der Waals surface area contributed by atoms with Crippen LogP contribution in [-0.4, -0.2) is 43.3 Å². The molecule has 4 unspecified atom stereocenters. The number of carbonyl (C=O) groups excluding carboxylic acids is 2. The summed E-state index contributed by atoms with van der Waals surface area (Å²) in [5, 5.41) is 5.30. The smallest absolute Gasteiger partial charge is 0.329 e. The van der Waals surface area contributed by atoms with Crippen LogP contribution in [0.25, 0.3) is 10.8 Å². The molecule has 1 aliphatic heterocycles. The Morgan fingerprint density at radius 3 is 2.64 bits per heavy atom. The third kappa shape index (κ3) is 3.61. The van der Waals surface area contributed by atoms with Crippen LogP contribution < -0.4 is 15.0 Å². The van der Waals surface area contributed by atoms with Crippen LogP contribution in [0.1, 0.15) is 24.3 Å². The minimum atomic E-state index is -0.444. The first-order valence-corrected chi connectivity index (χ1v) is 11.2. The highest BCUT2D eigenvalue weighted by atomic mass is 35.5. The number of nitrogens with zero attached hydrogens (tertiary/aromatic N) is 2. The minimum Gasteiger partial charge on any atom is -0.496 e. The molecule has 2 fully saturated rings. The van der Waals surface area contributed by atoms with Crippen LogP contribution in [0.4, 0.5) is 10.5 Å². The van der Waals surface area contributed by atoms with E-state index in [1.165, 1.54) is 4.90 Å². The molecule has 3 aromatic rings. The first-order valence-electron chi connectivity index (χ1n) is 10.9. The van der Waals surface area contributed by atoms with Crippen LogP contribution in [0.2, 0.25) is 5.02 Å². The zero-order valence-corrected chi connectivity index (χ0v) is 19.1. The number of imide groups is 1. The number of hydrogen-bond acceptors (Lipinski definition) is 5. The maximum atomic E-state index is 13.6. The molecule has 33 heavy (non-hydrogen) atoms. The Balaban J connectivity index is 1.50. The van der Waals surface area contributed by atoms with Crippen molar-refractivity contribution in [2.45, 2.75) is 30.9 Å². The first kappa shape index (κ1) is 21.7. The lowest BCUT2D eigenvalue weighted by atomic mass is 9.72. The predicted octanol–water partition coefficient (Wildman–Crippen LogP) is 4.53. The number of nitrogens with one attached hydrogen (secondary N) is 1. The number of fused-ring (bicyclic) bond motifs is 2. The molecular weight excluding hydrogens is 442 g/mol. The largest absolute Gasteiger partial charge is 0.496 e. The molecular formula is C25H24ClN3O4. The van der Waals surface area contributed by atoms with Crippen LogP contribution >= 0.6 is 11.6 Å². The Morgan fingerprint density at radius 2 is 1.85 bits per heavy atom. The summed E-state index contributed by atoms with van der Waals surface area (Å²) in [5.74, 6) is -0.117. The van der Waals surface area contributed by atoms with Crippen LogP contribution in [0, 0.1) is 5.92 Å². The molecule has 3 amide bonds. The van der Waals surface area contributed by atoms with E-state index in [9.17, 15) is 9.59 Å². The van der Waals surface area contributed by atoms with E-state index in [4.69, 9.17) is 21.1 Å². The van der Waals surface area contributed by atoms with Gasteiger partial charge in [0.2, 0.25) is 5.91 Å². The van der Waals surface area contributed by atoms with Gasteiger partial charge in [0.1, 0.15) is 5.75 Å². The van der Waals surface area contributed by atoms with Crippen molar-refractivity contribution in [1.82, 2.24) is 10.3 Å². The number of halogens is 1. The second kappa shape index (κ2) is 8.65. The number of benzene rings is 2. The monoisotopic (exact) mass is 465 g/mol. The molecule has 0 radical (unpaired) electrons. The summed E-state index contributed by atoms with van der Waals surface area (Å²) in [5.41, 5.74) is 1.33. The first-order chi connectivity index (χ1) is 16.0. The molecule has 5 rings (SSSR count). The van der Waals surface area contributed by atoms with Crippen LogP contribution in [-0.2, 0) is 9.53 Å². The molecule has 1 saturated carbocycles. The number of hydrogen-bond donors (Lipinski definition) is 1. The van der Waals surface area contributed by atoms with Crippen LogP contribution in [0.5, 0.6) is 5.75 Å². The zero-order chi connectivity index (χ0) is 23.1. The molecule has 1 N–H and O–H groups in total. The van der Waals surface area contributed by atoms with Crippen molar-refractivity contribution in [3.8, 4) is 5.75 Å². The molecule has 8 heteroatoms. The summed E-state index contributed by atoms with van der Waals surface area (Å²) in [6.45, 7) is 0. The molecule has 4 atom stereocenters. The molecule has 0 spiro atoms. The average Bonchev–Trinajstić information content (AvgIpc) is 2.83. The fourth-order valence-electron chi connectivity index (χ4n) is 5.22. The van der Waals surface area contributed by atoms with Gasteiger partial charge in [0, 0.05) is 46.6 Å². The van der Waals surface area contributed by atoms with E-state index >= 15 is 0 Å². The standard InChI is InChI=1S/C25H24ClN3O4/c1-32-21-9-5-8-18(26)23(21)17-10-19-16(11-22(17)33-2)24(30)29(25(31)28-19)20-13-27-12-14-6-3-4-7-15(14)20/h3-9,12-13,16-17,19,22H,10-11H2,1-2H3,(H,28,31). The van der Waals surface area contributed by atoms with E-state index in [-0.39, 0.29) is 24.0 Å². The van der Waals surface area contributed by atoms with Crippen molar-refractivity contribution < 1.29 is 19.1 Å². The number of rotatable bonds is 4. The normalized spacial score (nSPS) is 25.0.